The number of hydrogen-bond acceptors (Lipinski definition) is 3. The van der Waals surface area contributed by atoms with Crippen molar-refractivity contribution in [3.05, 3.63) is 0 Å². The maximum Gasteiger partial charge on any atom is 0.171 e. The third kappa shape index (κ3) is 2.76. The van der Waals surface area contributed by atoms with Crippen LogP contribution in [-0.2, 0) is 9.47 Å². The van der Waals surface area contributed by atoms with Gasteiger partial charge in [-0.3, -0.25) is 0 Å². The average molecular weight is 227 g/mol. The molecule has 0 aromatic heterocycles. The molecule has 1 saturated carbocycles. The molecule has 2 rings (SSSR count). The second-order valence-electron chi connectivity index (χ2n) is 5.35. The van der Waals surface area contributed by atoms with E-state index in [0.29, 0.717) is 12.0 Å². The van der Waals surface area contributed by atoms with Crippen LogP contribution in [0.4, 0.5) is 0 Å². The first-order valence-corrected chi connectivity index (χ1v) is 6.74. The lowest BCUT2D eigenvalue weighted by molar-refractivity contribution is -0.213. The van der Waals surface area contributed by atoms with E-state index in [1.165, 1.54) is 25.7 Å². The van der Waals surface area contributed by atoms with Crippen molar-refractivity contribution >= 4 is 0 Å². The molecule has 94 valence electrons. The smallest absolute Gasteiger partial charge is 0.171 e. The van der Waals surface area contributed by atoms with E-state index in [2.05, 4.69) is 19.2 Å². The molecular formula is C13H25NO2. The van der Waals surface area contributed by atoms with Crippen LogP contribution in [0.3, 0.4) is 0 Å². The van der Waals surface area contributed by atoms with Gasteiger partial charge in [0.2, 0.25) is 0 Å². The van der Waals surface area contributed by atoms with Gasteiger partial charge in [-0.05, 0) is 25.8 Å². The molecule has 1 unspecified atom stereocenters. The summed E-state index contributed by atoms with van der Waals surface area (Å²) in [6.07, 6.45) is 6.13. The number of ether oxygens (including phenoxy) is 2. The quantitative estimate of drug-likeness (QED) is 0.799. The fraction of sp³-hybridized carbons (Fsp3) is 1.00. The molecule has 0 aromatic carbocycles. The predicted molar refractivity (Wildman–Crippen MR) is 64.3 cm³/mol. The zero-order valence-corrected chi connectivity index (χ0v) is 10.6. The summed E-state index contributed by atoms with van der Waals surface area (Å²) in [5, 5.41) is 3.49. The van der Waals surface area contributed by atoms with Crippen LogP contribution in [0.25, 0.3) is 0 Å². The van der Waals surface area contributed by atoms with Crippen LogP contribution in [0.2, 0.25) is 0 Å². The number of rotatable bonds is 4. The summed E-state index contributed by atoms with van der Waals surface area (Å²) in [5.74, 6) is 0.381. The molecule has 3 nitrogen and oxygen atoms in total. The molecule has 0 amide bonds. The molecule has 0 radical (unpaired) electrons. The van der Waals surface area contributed by atoms with Gasteiger partial charge in [0.05, 0.1) is 13.2 Å². The third-order valence-corrected chi connectivity index (χ3v) is 3.77. The van der Waals surface area contributed by atoms with Crippen LogP contribution in [0.15, 0.2) is 0 Å². The first-order valence-electron chi connectivity index (χ1n) is 6.74. The van der Waals surface area contributed by atoms with E-state index in [0.717, 1.165) is 26.2 Å². The third-order valence-electron chi connectivity index (χ3n) is 3.77. The molecule has 2 aliphatic rings. The Morgan fingerprint density at radius 1 is 1.25 bits per heavy atom. The van der Waals surface area contributed by atoms with Gasteiger partial charge in [0, 0.05) is 18.4 Å². The maximum absolute atomic E-state index is 5.90. The highest BCUT2D eigenvalue weighted by Crippen LogP contribution is 2.41. The number of hydrogen-bond donors (Lipinski definition) is 1. The second-order valence-corrected chi connectivity index (χ2v) is 5.35. The number of nitrogens with one attached hydrogen (secondary N) is 1. The Morgan fingerprint density at radius 2 is 2.00 bits per heavy atom. The van der Waals surface area contributed by atoms with Crippen molar-refractivity contribution in [2.24, 2.45) is 5.92 Å². The zero-order chi connectivity index (χ0) is 11.4. The zero-order valence-electron chi connectivity index (χ0n) is 10.6. The van der Waals surface area contributed by atoms with Gasteiger partial charge in [0.1, 0.15) is 0 Å². The van der Waals surface area contributed by atoms with Gasteiger partial charge in [-0.15, -0.1) is 0 Å². The Hall–Kier alpha value is -0.120. The molecular weight excluding hydrogens is 202 g/mol. The summed E-state index contributed by atoms with van der Waals surface area (Å²) in [5.41, 5.74) is 0. The molecule has 1 atom stereocenters. The Bertz CT molecular complexity index is 212. The van der Waals surface area contributed by atoms with Gasteiger partial charge in [-0.25, -0.2) is 0 Å². The fourth-order valence-electron chi connectivity index (χ4n) is 2.95. The summed E-state index contributed by atoms with van der Waals surface area (Å²) in [6.45, 7) is 7.04. The Balaban J connectivity index is 1.84. The van der Waals surface area contributed by atoms with Crippen LogP contribution >= 0.6 is 0 Å². The van der Waals surface area contributed by atoms with E-state index in [1.54, 1.807) is 0 Å². The first kappa shape index (κ1) is 12.3. The van der Waals surface area contributed by atoms with E-state index < -0.39 is 0 Å². The topological polar surface area (TPSA) is 30.5 Å². The standard InChI is InChI=1S/C13H25NO2/c1-11(2)14-8-6-12-5-3-4-7-13(12)15-9-10-16-13/h11-12,14H,3-10H2,1-2H3. The summed E-state index contributed by atoms with van der Waals surface area (Å²) < 4.78 is 11.8. The average Bonchev–Trinajstić information content (AvgIpc) is 2.70. The molecule has 2 fully saturated rings. The summed E-state index contributed by atoms with van der Waals surface area (Å²) in [7, 11) is 0. The van der Waals surface area contributed by atoms with Crippen LogP contribution in [0.1, 0.15) is 46.0 Å². The van der Waals surface area contributed by atoms with Gasteiger partial charge >= 0.3 is 0 Å². The Morgan fingerprint density at radius 3 is 2.69 bits per heavy atom. The molecule has 1 N–H and O–H groups in total. The van der Waals surface area contributed by atoms with Gasteiger partial charge < -0.3 is 14.8 Å². The molecule has 1 spiro atoms. The molecule has 1 aliphatic carbocycles. The monoisotopic (exact) mass is 227 g/mol. The molecule has 1 aliphatic heterocycles. The van der Waals surface area contributed by atoms with E-state index in [9.17, 15) is 0 Å². The lowest BCUT2D eigenvalue weighted by Crippen LogP contribution is -2.43. The molecule has 1 saturated heterocycles. The van der Waals surface area contributed by atoms with Crippen molar-refractivity contribution in [3.8, 4) is 0 Å². The van der Waals surface area contributed by atoms with Crippen molar-refractivity contribution < 1.29 is 9.47 Å². The van der Waals surface area contributed by atoms with Gasteiger partial charge in [0.25, 0.3) is 0 Å². The van der Waals surface area contributed by atoms with Crippen molar-refractivity contribution in [1.82, 2.24) is 5.32 Å². The van der Waals surface area contributed by atoms with Gasteiger partial charge in [-0.2, -0.15) is 0 Å². The molecule has 0 bridgehead atoms. The van der Waals surface area contributed by atoms with Crippen molar-refractivity contribution in [2.45, 2.75) is 57.8 Å². The Labute approximate surface area is 98.9 Å². The molecule has 3 heteroatoms. The Kier molecular flexibility index (Phi) is 4.22. The minimum absolute atomic E-state index is 0.211. The van der Waals surface area contributed by atoms with Crippen molar-refractivity contribution in [3.63, 3.8) is 0 Å². The van der Waals surface area contributed by atoms with Crippen molar-refractivity contribution in [1.29, 1.82) is 0 Å². The van der Waals surface area contributed by atoms with E-state index in [4.69, 9.17) is 9.47 Å². The molecule has 16 heavy (non-hydrogen) atoms. The van der Waals surface area contributed by atoms with Gasteiger partial charge in [-0.1, -0.05) is 20.3 Å². The minimum atomic E-state index is -0.211. The fourth-order valence-corrected chi connectivity index (χ4v) is 2.95. The molecule has 1 heterocycles. The van der Waals surface area contributed by atoms with Crippen LogP contribution < -0.4 is 5.32 Å². The van der Waals surface area contributed by atoms with Crippen LogP contribution in [0, 0.1) is 5.92 Å². The highest BCUT2D eigenvalue weighted by molar-refractivity contribution is 4.87. The van der Waals surface area contributed by atoms with Crippen molar-refractivity contribution in [2.75, 3.05) is 19.8 Å². The van der Waals surface area contributed by atoms with Crippen LogP contribution in [0.5, 0.6) is 0 Å². The minimum Gasteiger partial charge on any atom is -0.347 e. The summed E-state index contributed by atoms with van der Waals surface area (Å²) in [6, 6.07) is 0.574. The highest BCUT2D eigenvalue weighted by Gasteiger charge is 2.45. The highest BCUT2D eigenvalue weighted by atomic mass is 16.7. The second kappa shape index (κ2) is 5.48. The lowest BCUT2D eigenvalue weighted by atomic mass is 9.81. The summed E-state index contributed by atoms with van der Waals surface area (Å²) in [4.78, 5) is 0. The van der Waals surface area contributed by atoms with E-state index in [-0.39, 0.29) is 5.79 Å². The first-order chi connectivity index (χ1) is 7.73. The van der Waals surface area contributed by atoms with E-state index in [1.807, 2.05) is 0 Å². The summed E-state index contributed by atoms with van der Waals surface area (Å²) >= 11 is 0. The van der Waals surface area contributed by atoms with Crippen LogP contribution in [-0.4, -0.2) is 31.6 Å². The van der Waals surface area contributed by atoms with Gasteiger partial charge in [0.15, 0.2) is 5.79 Å². The largest absolute Gasteiger partial charge is 0.347 e. The lowest BCUT2D eigenvalue weighted by Gasteiger charge is -2.39. The SMILES string of the molecule is CC(C)NCCC1CCCCC12OCCO2. The molecule has 0 aromatic rings. The maximum atomic E-state index is 5.90. The van der Waals surface area contributed by atoms with E-state index >= 15 is 0 Å². The normalized spacial score (nSPS) is 29.1. The predicted octanol–water partition coefficient (Wildman–Crippen LogP) is 2.31.